The quantitative estimate of drug-likeness (QED) is 0.470. The molecule has 0 aliphatic heterocycles. The fourth-order valence-electron chi connectivity index (χ4n) is 2.70. The van der Waals surface area contributed by atoms with Crippen LogP contribution in [0.15, 0.2) is 35.5 Å². The summed E-state index contributed by atoms with van der Waals surface area (Å²) in [5.74, 6) is 1.77. The molecule has 0 amide bonds. The Balaban J connectivity index is 2.24. The molecule has 0 aromatic carbocycles. The molecule has 0 saturated carbocycles. The van der Waals surface area contributed by atoms with Gasteiger partial charge in [0.25, 0.3) is 0 Å². The maximum absolute atomic E-state index is 2.42. The lowest BCUT2D eigenvalue weighted by atomic mass is 9.91. The molecular formula is C19H32. The van der Waals surface area contributed by atoms with Gasteiger partial charge in [-0.05, 0) is 43.6 Å². The molecule has 108 valence electrons. The first-order valence-corrected chi connectivity index (χ1v) is 8.14. The monoisotopic (exact) mass is 260 g/mol. The van der Waals surface area contributed by atoms with Crippen molar-refractivity contribution in [2.45, 2.75) is 72.6 Å². The van der Waals surface area contributed by atoms with E-state index in [1.54, 1.807) is 0 Å². The van der Waals surface area contributed by atoms with Crippen molar-refractivity contribution in [1.82, 2.24) is 0 Å². The minimum atomic E-state index is 0.863. The van der Waals surface area contributed by atoms with Gasteiger partial charge in [-0.1, -0.05) is 76.3 Å². The first-order chi connectivity index (χ1) is 9.11. The Bertz CT molecular complexity index is 330. The van der Waals surface area contributed by atoms with Crippen molar-refractivity contribution in [3.05, 3.63) is 35.5 Å². The third-order valence-corrected chi connectivity index (χ3v) is 4.21. The smallest absolute Gasteiger partial charge is 0.0135 e. The molecule has 0 aromatic heterocycles. The summed E-state index contributed by atoms with van der Waals surface area (Å²) in [5.41, 5.74) is 2.97. The minimum absolute atomic E-state index is 0.863. The Hall–Kier alpha value is -0.780. The largest absolute Gasteiger partial charge is 0.0802 e. The topological polar surface area (TPSA) is 0 Å². The molecule has 0 saturated heterocycles. The van der Waals surface area contributed by atoms with Gasteiger partial charge in [0, 0.05) is 0 Å². The van der Waals surface area contributed by atoms with E-state index in [-0.39, 0.29) is 0 Å². The highest BCUT2D eigenvalue weighted by Crippen LogP contribution is 2.22. The Morgan fingerprint density at radius 3 is 2.37 bits per heavy atom. The van der Waals surface area contributed by atoms with Gasteiger partial charge in [0.2, 0.25) is 0 Å². The molecule has 0 fully saturated rings. The number of rotatable bonds is 8. The number of hydrogen-bond donors (Lipinski definition) is 0. The van der Waals surface area contributed by atoms with Crippen LogP contribution in [0.5, 0.6) is 0 Å². The van der Waals surface area contributed by atoms with E-state index >= 15 is 0 Å². The number of allylic oxidation sites excluding steroid dienone is 6. The van der Waals surface area contributed by atoms with E-state index in [1.165, 1.54) is 49.7 Å². The van der Waals surface area contributed by atoms with Crippen molar-refractivity contribution >= 4 is 0 Å². The summed E-state index contributed by atoms with van der Waals surface area (Å²) in [6, 6.07) is 0. The summed E-state index contributed by atoms with van der Waals surface area (Å²) in [5, 5.41) is 0. The third-order valence-electron chi connectivity index (χ3n) is 4.21. The molecule has 0 heteroatoms. The average molecular weight is 260 g/mol. The molecule has 0 bridgehead atoms. The van der Waals surface area contributed by atoms with Crippen LogP contribution in [0.3, 0.4) is 0 Å². The predicted octanol–water partition coefficient (Wildman–Crippen LogP) is 6.45. The van der Waals surface area contributed by atoms with Crippen LogP contribution in [0, 0.1) is 11.8 Å². The highest BCUT2D eigenvalue weighted by Gasteiger charge is 2.07. The van der Waals surface area contributed by atoms with E-state index in [2.05, 4.69) is 52.0 Å². The third kappa shape index (κ3) is 7.40. The second-order valence-electron chi connectivity index (χ2n) is 6.48. The normalized spacial score (nSPS) is 18.5. The van der Waals surface area contributed by atoms with Crippen LogP contribution in [0.25, 0.3) is 0 Å². The van der Waals surface area contributed by atoms with E-state index in [0.29, 0.717) is 0 Å². The average Bonchev–Trinajstić information content (AvgIpc) is 2.59. The van der Waals surface area contributed by atoms with Crippen LogP contribution in [0.2, 0.25) is 0 Å². The van der Waals surface area contributed by atoms with Crippen LogP contribution in [0.4, 0.5) is 0 Å². The van der Waals surface area contributed by atoms with Crippen molar-refractivity contribution in [3.63, 3.8) is 0 Å². The molecule has 0 spiro atoms. The molecule has 0 aromatic rings. The van der Waals surface area contributed by atoms with Crippen molar-refractivity contribution in [3.8, 4) is 0 Å². The van der Waals surface area contributed by atoms with E-state index in [9.17, 15) is 0 Å². The molecule has 2 atom stereocenters. The van der Waals surface area contributed by atoms with Gasteiger partial charge in [0.15, 0.2) is 0 Å². The van der Waals surface area contributed by atoms with Gasteiger partial charge in [-0.3, -0.25) is 0 Å². The molecule has 2 unspecified atom stereocenters. The fourth-order valence-corrected chi connectivity index (χ4v) is 2.70. The summed E-state index contributed by atoms with van der Waals surface area (Å²) in [6.07, 6.45) is 18.4. The Morgan fingerprint density at radius 1 is 1.00 bits per heavy atom. The van der Waals surface area contributed by atoms with Gasteiger partial charge in [-0.15, -0.1) is 0 Å². The molecule has 1 rings (SSSR count). The van der Waals surface area contributed by atoms with E-state index in [0.717, 1.165) is 18.3 Å². The standard InChI is InChI=1S/C19H32/c1-5-7-16(2)10-11-18(4)13-15-19-9-6-8-17(3)12-14-19/h6,9,12,14,16,18H,5,7-8,10-11,13,15H2,1-4H3. The maximum atomic E-state index is 2.42. The van der Waals surface area contributed by atoms with Crippen LogP contribution in [-0.4, -0.2) is 0 Å². The number of hydrogen-bond acceptors (Lipinski definition) is 0. The summed E-state index contributed by atoms with van der Waals surface area (Å²) < 4.78 is 0. The first kappa shape index (κ1) is 16.3. The van der Waals surface area contributed by atoms with Gasteiger partial charge in [0.05, 0.1) is 0 Å². The second-order valence-corrected chi connectivity index (χ2v) is 6.48. The van der Waals surface area contributed by atoms with Crippen molar-refractivity contribution in [1.29, 1.82) is 0 Å². The lowest BCUT2D eigenvalue weighted by molar-refractivity contribution is 0.396. The molecule has 0 heterocycles. The Labute approximate surface area is 120 Å². The molecule has 1 aliphatic rings. The van der Waals surface area contributed by atoms with Gasteiger partial charge in [-0.25, -0.2) is 0 Å². The molecule has 0 radical (unpaired) electrons. The van der Waals surface area contributed by atoms with Crippen molar-refractivity contribution < 1.29 is 0 Å². The minimum Gasteiger partial charge on any atom is -0.0802 e. The van der Waals surface area contributed by atoms with E-state index < -0.39 is 0 Å². The van der Waals surface area contributed by atoms with E-state index in [1.807, 2.05) is 0 Å². The maximum Gasteiger partial charge on any atom is -0.0135 e. The molecule has 19 heavy (non-hydrogen) atoms. The van der Waals surface area contributed by atoms with E-state index in [4.69, 9.17) is 0 Å². The summed E-state index contributed by atoms with van der Waals surface area (Å²) in [4.78, 5) is 0. The lowest BCUT2D eigenvalue weighted by Gasteiger charge is -2.15. The molecule has 0 N–H and O–H groups in total. The zero-order valence-corrected chi connectivity index (χ0v) is 13.4. The van der Waals surface area contributed by atoms with Crippen LogP contribution in [0.1, 0.15) is 72.6 Å². The predicted molar refractivity (Wildman–Crippen MR) is 87.3 cm³/mol. The molecule has 0 nitrogen and oxygen atoms in total. The lowest BCUT2D eigenvalue weighted by Crippen LogP contribution is -2.00. The van der Waals surface area contributed by atoms with Gasteiger partial charge < -0.3 is 0 Å². The Kier molecular flexibility index (Phi) is 7.86. The van der Waals surface area contributed by atoms with Gasteiger partial charge >= 0.3 is 0 Å². The zero-order chi connectivity index (χ0) is 14.1. The highest BCUT2D eigenvalue weighted by molar-refractivity contribution is 5.30. The fraction of sp³-hybridized carbons (Fsp3) is 0.684. The van der Waals surface area contributed by atoms with Crippen LogP contribution in [-0.2, 0) is 0 Å². The van der Waals surface area contributed by atoms with Crippen molar-refractivity contribution in [2.24, 2.45) is 11.8 Å². The zero-order valence-electron chi connectivity index (χ0n) is 13.4. The summed E-state index contributed by atoms with van der Waals surface area (Å²) >= 11 is 0. The molecule has 1 aliphatic carbocycles. The second kappa shape index (κ2) is 9.18. The van der Waals surface area contributed by atoms with Crippen LogP contribution >= 0.6 is 0 Å². The first-order valence-electron chi connectivity index (χ1n) is 8.14. The molecular weight excluding hydrogens is 228 g/mol. The van der Waals surface area contributed by atoms with Crippen molar-refractivity contribution in [2.75, 3.05) is 0 Å². The summed E-state index contributed by atoms with van der Waals surface area (Å²) in [7, 11) is 0. The van der Waals surface area contributed by atoms with Crippen LogP contribution < -0.4 is 0 Å². The summed E-state index contributed by atoms with van der Waals surface area (Å²) in [6.45, 7) is 9.32. The Morgan fingerprint density at radius 2 is 1.68 bits per heavy atom. The SMILES string of the molecule is CCCC(C)CCC(C)CCC1=CC=C(C)CC=C1. The van der Waals surface area contributed by atoms with Gasteiger partial charge in [-0.2, -0.15) is 0 Å². The van der Waals surface area contributed by atoms with Gasteiger partial charge in [0.1, 0.15) is 0 Å². The highest BCUT2D eigenvalue weighted by atomic mass is 14.1.